The number of halogens is 1. The number of piperazine rings is 1. The maximum Gasteiger partial charge on any atom is 0.240 e. The number of hydrogen-bond donors (Lipinski definition) is 2. The third kappa shape index (κ3) is 5.95. The van der Waals surface area contributed by atoms with Crippen molar-refractivity contribution in [3.63, 3.8) is 0 Å². The van der Waals surface area contributed by atoms with Crippen LogP contribution in [0.1, 0.15) is 38.7 Å². The molecule has 1 amide bonds. The van der Waals surface area contributed by atoms with Gasteiger partial charge in [-0.25, -0.2) is 13.1 Å². The molecular formula is C17H28ClN3O3S. The first-order chi connectivity index (χ1) is 11.3. The SMILES string of the molecule is CC(C)c1ccc(S(=O)(=O)NCCC(=O)N2CCNC[C@@H]2C)cc1.Cl. The van der Waals surface area contributed by atoms with E-state index in [-0.39, 0.29) is 42.2 Å². The van der Waals surface area contributed by atoms with Crippen molar-refractivity contribution in [2.75, 3.05) is 26.2 Å². The highest BCUT2D eigenvalue weighted by Crippen LogP contribution is 2.17. The number of nitrogens with one attached hydrogen (secondary N) is 2. The molecular weight excluding hydrogens is 362 g/mol. The Labute approximate surface area is 156 Å². The van der Waals surface area contributed by atoms with Gasteiger partial charge in [0.2, 0.25) is 15.9 Å². The quantitative estimate of drug-likeness (QED) is 0.776. The van der Waals surface area contributed by atoms with Crippen LogP contribution in [0.3, 0.4) is 0 Å². The Morgan fingerprint density at radius 2 is 1.96 bits per heavy atom. The molecule has 1 heterocycles. The second-order valence-corrected chi connectivity index (χ2v) is 8.28. The van der Waals surface area contributed by atoms with Gasteiger partial charge in [-0.05, 0) is 30.5 Å². The fraction of sp³-hybridized carbons (Fsp3) is 0.588. The summed E-state index contributed by atoms with van der Waals surface area (Å²) in [7, 11) is -3.58. The van der Waals surface area contributed by atoms with Gasteiger partial charge < -0.3 is 10.2 Å². The summed E-state index contributed by atoms with van der Waals surface area (Å²) in [5.74, 6) is 0.343. The minimum absolute atomic E-state index is 0. The first kappa shape index (κ1) is 21.9. The van der Waals surface area contributed by atoms with Gasteiger partial charge in [0.1, 0.15) is 0 Å². The number of sulfonamides is 1. The summed E-state index contributed by atoms with van der Waals surface area (Å²) in [6.07, 6.45) is 0.174. The van der Waals surface area contributed by atoms with E-state index in [0.29, 0.717) is 12.5 Å². The molecule has 25 heavy (non-hydrogen) atoms. The fourth-order valence-corrected chi connectivity index (χ4v) is 3.79. The average molecular weight is 390 g/mol. The second-order valence-electron chi connectivity index (χ2n) is 6.51. The van der Waals surface area contributed by atoms with Crippen molar-refractivity contribution < 1.29 is 13.2 Å². The number of rotatable bonds is 6. The van der Waals surface area contributed by atoms with Crippen molar-refractivity contribution >= 4 is 28.3 Å². The van der Waals surface area contributed by atoms with E-state index in [1.807, 2.05) is 24.0 Å². The monoisotopic (exact) mass is 389 g/mol. The molecule has 0 spiro atoms. The molecule has 0 aromatic heterocycles. The number of nitrogens with zero attached hydrogens (tertiary/aromatic N) is 1. The van der Waals surface area contributed by atoms with E-state index in [4.69, 9.17) is 0 Å². The number of hydrogen-bond acceptors (Lipinski definition) is 4. The maximum atomic E-state index is 12.3. The Morgan fingerprint density at radius 1 is 1.32 bits per heavy atom. The molecule has 1 aromatic rings. The molecule has 0 unspecified atom stereocenters. The van der Waals surface area contributed by atoms with Crippen LogP contribution in [0.2, 0.25) is 0 Å². The Kier molecular flexibility index (Phi) is 8.34. The van der Waals surface area contributed by atoms with E-state index in [1.165, 1.54) is 0 Å². The maximum absolute atomic E-state index is 12.3. The smallest absolute Gasteiger partial charge is 0.240 e. The zero-order valence-corrected chi connectivity index (χ0v) is 16.6. The van der Waals surface area contributed by atoms with Crippen LogP contribution in [0, 0.1) is 0 Å². The fourth-order valence-electron chi connectivity index (χ4n) is 2.76. The van der Waals surface area contributed by atoms with E-state index in [9.17, 15) is 13.2 Å². The first-order valence-corrected chi connectivity index (χ1v) is 9.89. The molecule has 0 aliphatic carbocycles. The van der Waals surface area contributed by atoms with Crippen LogP contribution in [-0.2, 0) is 14.8 Å². The summed E-state index contributed by atoms with van der Waals surface area (Å²) in [4.78, 5) is 14.3. The van der Waals surface area contributed by atoms with Crippen LogP contribution in [0.5, 0.6) is 0 Å². The van der Waals surface area contributed by atoms with Gasteiger partial charge in [-0.1, -0.05) is 26.0 Å². The van der Waals surface area contributed by atoms with Crippen LogP contribution >= 0.6 is 12.4 Å². The number of amides is 1. The highest BCUT2D eigenvalue weighted by atomic mass is 35.5. The number of carbonyl (C=O) groups excluding carboxylic acids is 1. The van der Waals surface area contributed by atoms with Crippen LogP contribution in [0.4, 0.5) is 0 Å². The Balaban J connectivity index is 0.00000312. The van der Waals surface area contributed by atoms with Crippen LogP contribution in [-0.4, -0.2) is 51.4 Å². The van der Waals surface area contributed by atoms with Crippen molar-refractivity contribution in [1.82, 2.24) is 14.9 Å². The first-order valence-electron chi connectivity index (χ1n) is 8.41. The molecule has 2 N–H and O–H groups in total. The summed E-state index contributed by atoms with van der Waals surface area (Å²) in [6.45, 7) is 8.45. The standard InChI is InChI=1S/C17H27N3O3S.ClH/c1-13(2)15-4-6-16(7-5-15)24(22,23)19-9-8-17(21)20-11-10-18-12-14(20)3;/h4-7,13-14,18-19H,8-12H2,1-3H3;1H/t14-;/m0./s1. The van der Waals surface area contributed by atoms with Crippen molar-refractivity contribution in [2.45, 2.75) is 44.0 Å². The molecule has 1 saturated heterocycles. The summed E-state index contributed by atoms with van der Waals surface area (Å²) in [6, 6.07) is 7.02. The van der Waals surface area contributed by atoms with Gasteiger partial charge in [-0.2, -0.15) is 0 Å². The zero-order valence-electron chi connectivity index (χ0n) is 15.0. The summed E-state index contributed by atoms with van der Waals surface area (Å²) in [5, 5.41) is 3.23. The van der Waals surface area contributed by atoms with Gasteiger partial charge in [-0.15, -0.1) is 12.4 Å². The highest BCUT2D eigenvalue weighted by molar-refractivity contribution is 7.89. The van der Waals surface area contributed by atoms with E-state index < -0.39 is 10.0 Å². The van der Waals surface area contributed by atoms with Gasteiger partial charge in [0.25, 0.3) is 0 Å². The number of carbonyl (C=O) groups is 1. The minimum atomic E-state index is -3.58. The lowest BCUT2D eigenvalue weighted by atomic mass is 10.0. The highest BCUT2D eigenvalue weighted by Gasteiger charge is 2.23. The molecule has 2 rings (SSSR count). The van der Waals surface area contributed by atoms with E-state index in [1.54, 1.807) is 12.1 Å². The minimum Gasteiger partial charge on any atom is -0.337 e. The molecule has 1 aliphatic rings. The lowest BCUT2D eigenvalue weighted by molar-refractivity contribution is -0.133. The summed E-state index contributed by atoms with van der Waals surface area (Å²) in [5.41, 5.74) is 1.09. The van der Waals surface area contributed by atoms with Crippen LogP contribution < -0.4 is 10.0 Å². The van der Waals surface area contributed by atoms with Crippen molar-refractivity contribution in [1.29, 1.82) is 0 Å². The largest absolute Gasteiger partial charge is 0.337 e. The topological polar surface area (TPSA) is 78.5 Å². The Bertz CT molecular complexity index is 662. The van der Waals surface area contributed by atoms with Gasteiger partial charge in [0.05, 0.1) is 4.90 Å². The molecule has 1 atom stereocenters. The second kappa shape index (κ2) is 9.52. The predicted octanol–water partition coefficient (Wildman–Crippen LogP) is 1.72. The molecule has 1 aliphatic heterocycles. The van der Waals surface area contributed by atoms with Crippen LogP contribution in [0.25, 0.3) is 0 Å². The number of benzene rings is 1. The van der Waals surface area contributed by atoms with Crippen molar-refractivity contribution in [2.24, 2.45) is 0 Å². The lowest BCUT2D eigenvalue weighted by Gasteiger charge is -2.34. The summed E-state index contributed by atoms with van der Waals surface area (Å²) >= 11 is 0. The van der Waals surface area contributed by atoms with E-state index >= 15 is 0 Å². The molecule has 6 nitrogen and oxygen atoms in total. The molecule has 1 fully saturated rings. The molecule has 142 valence electrons. The predicted molar refractivity (Wildman–Crippen MR) is 102 cm³/mol. The lowest BCUT2D eigenvalue weighted by Crippen LogP contribution is -2.52. The average Bonchev–Trinajstić information content (AvgIpc) is 2.55. The molecule has 0 bridgehead atoms. The van der Waals surface area contributed by atoms with Gasteiger partial charge in [-0.3, -0.25) is 4.79 Å². The summed E-state index contributed by atoms with van der Waals surface area (Å²) < 4.78 is 27.1. The molecule has 8 heteroatoms. The van der Waals surface area contributed by atoms with E-state index in [2.05, 4.69) is 23.9 Å². The van der Waals surface area contributed by atoms with Gasteiger partial charge >= 0.3 is 0 Å². The van der Waals surface area contributed by atoms with Gasteiger partial charge in [0, 0.05) is 38.6 Å². The third-order valence-corrected chi connectivity index (χ3v) is 5.79. The van der Waals surface area contributed by atoms with Gasteiger partial charge in [0.15, 0.2) is 0 Å². The van der Waals surface area contributed by atoms with E-state index in [0.717, 1.165) is 18.7 Å². The molecule has 0 saturated carbocycles. The van der Waals surface area contributed by atoms with Crippen molar-refractivity contribution in [3.8, 4) is 0 Å². The molecule has 0 radical (unpaired) electrons. The van der Waals surface area contributed by atoms with Crippen molar-refractivity contribution in [3.05, 3.63) is 29.8 Å². The normalized spacial score (nSPS) is 18.1. The zero-order chi connectivity index (χ0) is 17.7. The Hall–Kier alpha value is -1.15. The molecule has 1 aromatic carbocycles. The third-order valence-electron chi connectivity index (χ3n) is 4.31. The van der Waals surface area contributed by atoms with Crippen LogP contribution in [0.15, 0.2) is 29.2 Å². The Morgan fingerprint density at radius 3 is 2.52 bits per heavy atom.